The van der Waals surface area contributed by atoms with E-state index in [0.717, 1.165) is 4.70 Å². The first-order valence-corrected chi connectivity index (χ1v) is 11.1. The molecule has 33 heavy (non-hydrogen) atoms. The second-order valence-electron chi connectivity index (χ2n) is 7.44. The zero-order chi connectivity index (χ0) is 22.7. The molecule has 9 heteroatoms. The van der Waals surface area contributed by atoms with E-state index < -0.39 is 23.5 Å². The van der Waals surface area contributed by atoms with E-state index in [0.29, 0.717) is 32.4 Å². The quantitative estimate of drug-likeness (QED) is 0.316. The molecule has 1 unspecified atom stereocenters. The summed E-state index contributed by atoms with van der Waals surface area (Å²) in [5.74, 6) is -1.74. The number of rotatable bonds is 4. The van der Waals surface area contributed by atoms with E-state index in [9.17, 15) is 14.7 Å². The fourth-order valence-electron chi connectivity index (χ4n) is 3.97. The number of anilines is 1. The number of carbonyl (C=O) groups is 2. The molecule has 162 valence electrons. The van der Waals surface area contributed by atoms with E-state index in [-0.39, 0.29) is 11.3 Å². The van der Waals surface area contributed by atoms with Crippen LogP contribution in [0, 0.1) is 0 Å². The van der Waals surface area contributed by atoms with Gasteiger partial charge in [0.05, 0.1) is 22.1 Å². The van der Waals surface area contributed by atoms with E-state index in [1.165, 1.54) is 28.6 Å². The lowest BCUT2D eigenvalue weighted by Gasteiger charge is -2.21. The lowest BCUT2D eigenvalue weighted by molar-refractivity contribution is -0.117. The summed E-state index contributed by atoms with van der Waals surface area (Å²) in [6.45, 7) is 0. The van der Waals surface area contributed by atoms with Crippen molar-refractivity contribution in [2.24, 2.45) is 0 Å². The van der Waals surface area contributed by atoms with Crippen LogP contribution in [0.1, 0.15) is 22.4 Å². The van der Waals surface area contributed by atoms with Crippen LogP contribution in [0.3, 0.4) is 0 Å². The molecule has 7 nitrogen and oxygen atoms in total. The maximum atomic E-state index is 13.5. The summed E-state index contributed by atoms with van der Waals surface area (Å²) >= 11 is 7.32. The average molecular weight is 477 g/mol. The molecule has 1 aliphatic heterocycles. The minimum Gasteiger partial charge on any atom is -0.503 e. The number of thiazole rings is 1. The Kier molecular flexibility index (Phi) is 4.39. The summed E-state index contributed by atoms with van der Waals surface area (Å²) in [4.78, 5) is 32.6. The highest BCUT2D eigenvalue weighted by Gasteiger charge is 2.48. The predicted molar refractivity (Wildman–Crippen MR) is 124 cm³/mol. The number of aliphatic hydroxyl groups is 1. The molecule has 0 spiro atoms. The molecule has 1 aliphatic rings. The van der Waals surface area contributed by atoms with Crippen molar-refractivity contribution in [2.75, 3.05) is 4.90 Å². The number of aromatic nitrogens is 1. The van der Waals surface area contributed by atoms with Crippen molar-refractivity contribution in [3.8, 4) is 0 Å². The van der Waals surface area contributed by atoms with Gasteiger partial charge in [-0.05, 0) is 48.5 Å². The van der Waals surface area contributed by atoms with Crippen LogP contribution in [0.25, 0.3) is 21.2 Å². The SMILES string of the molecule is O=C(C1=C(O)C(=O)N(c2nc3ccccc3s2)C1c1ccco1)c1cc2cc(Cl)ccc2o1. The molecule has 0 bridgehead atoms. The molecule has 2 aromatic carbocycles. The van der Waals surface area contributed by atoms with Gasteiger partial charge in [0.25, 0.3) is 5.91 Å². The second kappa shape index (κ2) is 7.33. The smallest absolute Gasteiger partial charge is 0.296 e. The Morgan fingerprint density at radius 2 is 1.97 bits per heavy atom. The van der Waals surface area contributed by atoms with Crippen LogP contribution in [0.2, 0.25) is 5.02 Å². The number of nitrogens with zero attached hydrogens (tertiary/aromatic N) is 2. The molecular weight excluding hydrogens is 464 g/mol. The van der Waals surface area contributed by atoms with Crippen molar-refractivity contribution in [2.45, 2.75) is 6.04 Å². The average Bonchev–Trinajstić information content (AvgIpc) is 3.59. The fourth-order valence-corrected chi connectivity index (χ4v) is 5.15. The molecule has 1 N–H and O–H groups in total. The summed E-state index contributed by atoms with van der Waals surface area (Å²) in [5.41, 5.74) is 1.03. The van der Waals surface area contributed by atoms with Gasteiger partial charge in [-0.2, -0.15) is 0 Å². The van der Waals surface area contributed by atoms with Gasteiger partial charge in [0.2, 0.25) is 5.78 Å². The summed E-state index contributed by atoms with van der Waals surface area (Å²) < 4.78 is 12.1. The van der Waals surface area contributed by atoms with E-state index in [1.807, 2.05) is 24.3 Å². The van der Waals surface area contributed by atoms with Crippen LogP contribution in [-0.2, 0) is 4.79 Å². The Morgan fingerprint density at radius 3 is 2.76 bits per heavy atom. The zero-order valence-corrected chi connectivity index (χ0v) is 18.3. The number of carbonyl (C=O) groups excluding carboxylic acids is 2. The first kappa shape index (κ1) is 19.8. The number of benzene rings is 2. The number of fused-ring (bicyclic) bond motifs is 2. The van der Waals surface area contributed by atoms with E-state index in [1.54, 1.807) is 30.3 Å². The standard InChI is InChI=1S/C24H13ClN2O5S/c25-13-7-8-15-12(10-13)11-17(32-15)21(28)19-20(16-5-3-9-31-16)27(23(30)22(19)29)24-26-14-4-1-2-6-18(14)33-24/h1-11,20,29H. The number of amides is 1. The van der Waals surface area contributed by atoms with Gasteiger partial charge < -0.3 is 13.9 Å². The fraction of sp³-hybridized carbons (Fsp3) is 0.0417. The Morgan fingerprint density at radius 1 is 1.12 bits per heavy atom. The summed E-state index contributed by atoms with van der Waals surface area (Å²) in [6.07, 6.45) is 1.44. The van der Waals surface area contributed by atoms with Crippen LogP contribution in [0.15, 0.2) is 87.1 Å². The van der Waals surface area contributed by atoms with Crippen molar-refractivity contribution in [1.29, 1.82) is 0 Å². The van der Waals surface area contributed by atoms with Gasteiger partial charge in [0, 0.05) is 10.4 Å². The molecule has 0 radical (unpaired) electrons. The molecule has 0 aliphatic carbocycles. The normalized spacial score (nSPS) is 16.5. The zero-order valence-electron chi connectivity index (χ0n) is 16.7. The number of hydrogen-bond donors (Lipinski definition) is 1. The second-order valence-corrected chi connectivity index (χ2v) is 8.89. The van der Waals surface area contributed by atoms with Crippen molar-refractivity contribution >= 4 is 60.9 Å². The minimum atomic E-state index is -1.00. The van der Waals surface area contributed by atoms with Crippen molar-refractivity contribution < 1.29 is 23.5 Å². The molecular formula is C24H13ClN2O5S. The highest BCUT2D eigenvalue weighted by Crippen LogP contribution is 2.44. The van der Waals surface area contributed by atoms with Crippen molar-refractivity contribution in [1.82, 2.24) is 4.98 Å². The topological polar surface area (TPSA) is 96.8 Å². The molecule has 6 rings (SSSR count). The van der Waals surface area contributed by atoms with Crippen LogP contribution in [0.5, 0.6) is 0 Å². The number of Topliss-reactive ketones (excluding diaryl/α,β-unsaturated/α-hetero) is 1. The van der Waals surface area contributed by atoms with E-state index >= 15 is 0 Å². The third-order valence-corrected chi connectivity index (χ3v) is 6.73. The number of furan rings is 2. The Balaban J connectivity index is 1.49. The van der Waals surface area contributed by atoms with Crippen LogP contribution >= 0.6 is 22.9 Å². The molecule has 3 aromatic heterocycles. The number of halogens is 1. The van der Waals surface area contributed by atoms with Gasteiger partial charge in [-0.15, -0.1) is 0 Å². The van der Waals surface area contributed by atoms with Crippen molar-refractivity contribution in [3.05, 3.63) is 94.8 Å². The molecule has 1 amide bonds. The third kappa shape index (κ3) is 3.06. The maximum absolute atomic E-state index is 13.5. The largest absolute Gasteiger partial charge is 0.503 e. The van der Waals surface area contributed by atoms with Gasteiger partial charge in [-0.3, -0.25) is 14.5 Å². The Bertz CT molecular complexity index is 1560. The van der Waals surface area contributed by atoms with Gasteiger partial charge in [-0.25, -0.2) is 4.98 Å². The van der Waals surface area contributed by atoms with Crippen LogP contribution in [0.4, 0.5) is 5.13 Å². The molecule has 5 aromatic rings. The maximum Gasteiger partial charge on any atom is 0.296 e. The summed E-state index contributed by atoms with van der Waals surface area (Å²) in [5, 5.41) is 12.3. The molecule has 1 atom stereocenters. The third-order valence-electron chi connectivity index (χ3n) is 5.46. The molecule has 0 fully saturated rings. The summed E-state index contributed by atoms with van der Waals surface area (Å²) in [7, 11) is 0. The number of aliphatic hydroxyl groups excluding tert-OH is 1. The number of ketones is 1. The number of hydrogen-bond acceptors (Lipinski definition) is 7. The minimum absolute atomic E-state index is 0.0238. The van der Waals surface area contributed by atoms with E-state index in [4.69, 9.17) is 20.4 Å². The lowest BCUT2D eigenvalue weighted by Crippen LogP contribution is -2.30. The highest BCUT2D eigenvalue weighted by molar-refractivity contribution is 7.22. The van der Waals surface area contributed by atoms with Crippen LogP contribution < -0.4 is 4.90 Å². The molecule has 0 saturated carbocycles. The van der Waals surface area contributed by atoms with Gasteiger partial charge >= 0.3 is 0 Å². The van der Waals surface area contributed by atoms with Crippen LogP contribution in [-0.4, -0.2) is 21.8 Å². The van der Waals surface area contributed by atoms with E-state index in [2.05, 4.69) is 4.98 Å². The monoisotopic (exact) mass is 476 g/mol. The van der Waals surface area contributed by atoms with Crippen molar-refractivity contribution in [3.63, 3.8) is 0 Å². The molecule has 4 heterocycles. The van der Waals surface area contributed by atoms with Gasteiger partial charge in [0.15, 0.2) is 16.7 Å². The predicted octanol–water partition coefficient (Wildman–Crippen LogP) is 6.07. The first-order chi connectivity index (χ1) is 16.0. The van der Waals surface area contributed by atoms with Gasteiger partial charge in [0.1, 0.15) is 17.4 Å². The first-order valence-electron chi connectivity index (χ1n) is 9.91. The number of para-hydroxylation sites is 1. The highest BCUT2D eigenvalue weighted by atomic mass is 35.5. The summed E-state index contributed by atoms with van der Waals surface area (Å²) in [6, 6.07) is 16.2. The Hall–Kier alpha value is -3.88. The lowest BCUT2D eigenvalue weighted by atomic mass is 10.00. The Labute approximate surface area is 195 Å². The van der Waals surface area contributed by atoms with Gasteiger partial charge in [-0.1, -0.05) is 35.1 Å². The molecule has 0 saturated heterocycles.